The Balaban J connectivity index is 1.30. The van der Waals surface area contributed by atoms with Crippen LogP contribution in [-0.2, 0) is 16.1 Å². The van der Waals surface area contributed by atoms with Gasteiger partial charge in [0.05, 0.1) is 0 Å². The molecule has 0 saturated carbocycles. The van der Waals surface area contributed by atoms with Crippen LogP contribution >= 0.6 is 0 Å². The molecule has 2 aliphatic rings. The third-order valence-electron chi connectivity index (χ3n) is 6.42. The van der Waals surface area contributed by atoms with Crippen LogP contribution in [0, 0.1) is 19.7 Å². The van der Waals surface area contributed by atoms with Crippen molar-refractivity contribution in [2.75, 3.05) is 31.5 Å². The molecule has 2 aromatic rings. The Kier molecular flexibility index (Phi) is 6.62. The Morgan fingerprint density at radius 1 is 1.00 bits per heavy atom. The van der Waals surface area contributed by atoms with Crippen LogP contribution in [0.25, 0.3) is 0 Å². The first-order valence-corrected chi connectivity index (χ1v) is 11.3. The number of nitrogens with one attached hydrogen (secondary N) is 1. The molecule has 2 heterocycles. The second kappa shape index (κ2) is 9.60. The summed E-state index contributed by atoms with van der Waals surface area (Å²) in [6.45, 7) is 6.09. The van der Waals surface area contributed by atoms with Crippen molar-refractivity contribution in [2.24, 2.45) is 0 Å². The molecule has 0 spiro atoms. The smallest absolute Gasteiger partial charge is 0.321 e. The third-order valence-corrected chi connectivity index (χ3v) is 6.42. The summed E-state index contributed by atoms with van der Waals surface area (Å²) < 4.78 is 13.4. The quantitative estimate of drug-likeness (QED) is 0.724. The Morgan fingerprint density at radius 2 is 1.76 bits per heavy atom. The van der Waals surface area contributed by atoms with Crippen molar-refractivity contribution < 1.29 is 18.8 Å². The lowest BCUT2D eigenvalue weighted by Crippen LogP contribution is -2.59. The zero-order valence-electron chi connectivity index (χ0n) is 19.0. The van der Waals surface area contributed by atoms with E-state index in [0.29, 0.717) is 44.6 Å². The number of amides is 4. The lowest BCUT2D eigenvalue weighted by atomic mass is 10.0. The normalized spacial score (nSPS) is 17.5. The van der Waals surface area contributed by atoms with Crippen molar-refractivity contribution in [3.63, 3.8) is 0 Å². The number of carbonyl (C=O) groups is 3. The molecule has 2 fully saturated rings. The van der Waals surface area contributed by atoms with Gasteiger partial charge in [0, 0.05) is 44.5 Å². The Hall–Kier alpha value is -3.42. The number of nitrogens with zero attached hydrogens (tertiary/aromatic N) is 3. The number of likely N-dealkylation sites (tertiary alicyclic amines) is 1. The number of urea groups is 1. The predicted molar refractivity (Wildman–Crippen MR) is 123 cm³/mol. The van der Waals surface area contributed by atoms with Crippen LogP contribution in [0.15, 0.2) is 42.5 Å². The molecule has 2 aromatic carbocycles. The molecule has 174 valence electrons. The number of anilines is 1. The van der Waals surface area contributed by atoms with Crippen LogP contribution in [0.1, 0.15) is 29.5 Å². The Morgan fingerprint density at radius 3 is 2.45 bits per heavy atom. The van der Waals surface area contributed by atoms with Gasteiger partial charge in [-0.3, -0.25) is 9.59 Å². The predicted octanol–water partition coefficient (Wildman–Crippen LogP) is 3.31. The van der Waals surface area contributed by atoms with Gasteiger partial charge >= 0.3 is 17.8 Å². The summed E-state index contributed by atoms with van der Waals surface area (Å²) in [6.07, 6.45) is 1.26. The molecular formula is C25H29FN4O3. The summed E-state index contributed by atoms with van der Waals surface area (Å²) >= 11 is 0. The van der Waals surface area contributed by atoms with E-state index in [1.54, 1.807) is 21.9 Å². The van der Waals surface area contributed by atoms with E-state index in [1.807, 2.05) is 32.0 Å². The highest BCUT2D eigenvalue weighted by atomic mass is 19.1. The van der Waals surface area contributed by atoms with Crippen LogP contribution in [0.5, 0.6) is 0 Å². The minimum absolute atomic E-state index is 0.0667. The molecule has 0 unspecified atom stereocenters. The maximum Gasteiger partial charge on any atom is 0.321 e. The van der Waals surface area contributed by atoms with Gasteiger partial charge in [0.25, 0.3) is 0 Å². The van der Waals surface area contributed by atoms with E-state index in [4.69, 9.17) is 0 Å². The third kappa shape index (κ3) is 5.16. The van der Waals surface area contributed by atoms with Crippen molar-refractivity contribution in [3.8, 4) is 0 Å². The van der Waals surface area contributed by atoms with Gasteiger partial charge in [0.1, 0.15) is 5.82 Å². The van der Waals surface area contributed by atoms with E-state index < -0.39 is 11.8 Å². The fourth-order valence-electron chi connectivity index (χ4n) is 4.57. The van der Waals surface area contributed by atoms with Crippen LogP contribution in [0.3, 0.4) is 0 Å². The lowest BCUT2D eigenvalue weighted by molar-refractivity contribution is -0.158. The molecule has 2 saturated heterocycles. The van der Waals surface area contributed by atoms with Gasteiger partial charge in [0.15, 0.2) is 0 Å². The minimum atomic E-state index is -0.555. The SMILES string of the molecule is Cc1ccc(NC(=O)N2CCC(N3CCN(Cc4cccc(F)c4)C(=O)C3=O)CC2)c(C)c1. The van der Waals surface area contributed by atoms with Crippen LogP contribution in [-0.4, -0.2) is 64.8 Å². The van der Waals surface area contributed by atoms with E-state index in [9.17, 15) is 18.8 Å². The fraction of sp³-hybridized carbons (Fsp3) is 0.400. The highest BCUT2D eigenvalue weighted by Crippen LogP contribution is 2.22. The summed E-state index contributed by atoms with van der Waals surface area (Å²) in [7, 11) is 0. The number of rotatable bonds is 4. The molecule has 0 aliphatic carbocycles. The Bertz CT molecular complexity index is 1070. The molecule has 8 heteroatoms. The van der Waals surface area contributed by atoms with E-state index in [-0.39, 0.29) is 24.4 Å². The van der Waals surface area contributed by atoms with Crippen LogP contribution in [0.2, 0.25) is 0 Å². The van der Waals surface area contributed by atoms with Gasteiger partial charge in [-0.25, -0.2) is 9.18 Å². The first-order valence-electron chi connectivity index (χ1n) is 11.3. The van der Waals surface area contributed by atoms with Crippen LogP contribution < -0.4 is 5.32 Å². The number of hydrogen-bond acceptors (Lipinski definition) is 3. The van der Waals surface area contributed by atoms with Crippen molar-refractivity contribution in [1.82, 2.24) is 14.7 Å². The van der Waals surface area contributed by atoms with Gasteiger partial charge < -0.3 is 20.0 Å². The first-order chi connectivity index (χ1) is 15.8. The molecular weight excluding hydrogens is 423 g/mol. The lowest BCUT2D eigenvalue weighted by Gasteiger charge is -2.42. The van der Waals surface area contributed by atoms with Gasteiger partial charge in [-0.1, -0.05) is 29.8 Å². The molecule has 0 aromatic heterocycles. The monoisotopic (exact) mass is 452 g/mol. The van der Waals surface area contributed by atoms with Gasteiger partial charge in [-0.15, -0.1) is 0 Å². The highest BCUT2D eigenvalue weighted by Gasteiger charge is 2.38. The highest BCUT2D eigenvalue weighted by molar-refractivity contribution is 6.35. The standard InChI is InChI=1S/C25H29FN4O3/c1-17-6-7-22(18(2)14-17)27-25(33)28-10-8-21(9-11-28)30-13-12-29(23(31)24(30)32)16-19-4-3-5-20(26)15-19/h3-7,14-15,21H,8-13,16H2,1-2H3,(H,27,33). The maximum atomic E-state index is 13.4. The minimum Gasteiger partial charge on any atom is -0.330 e. The summed E-state index contributed by atoms with van der Waals surface area (Å²) in [4.78, 5) is 43.0. The fourth-order valence-corrected chi connectivity index (χ4v) is 4.57. The number of piperidine rings is 1. The number of hydrogen-bond donors (Lipinski definition) is 1. The molecule has 0 atom stereocenters. The maximum absolute atomic E-state index is 13.4. The zero-order valence-corrected chi connectivity index (χ0v) is 19.0. The van der Waals surface area contributed by atoms with Crippen molar-refractivity contribution in [1.29, 1.82) is 0 Å². The van der Waals surface area contributed by atoms with Crippen molar-refractivity contribution >= 4 is 23.5 Å². The average Bonchev–Trinajstić information content (AvgIpc) is 2.79. The molecule has 4 rings (SSSR count). The van der Waals surface area contributed by atoms with E-state index in [1.165, 1.54) is 17.0 Å². The van der Waals surface area contributed by atoms with Crippen molar-refractivity contribution in [2.45, 2.75) is 39.3 Å². The summed E-state index contributed by atoms with van der Waals surface area (Å²) in [5.74, 6) is -1.44. The average molecular weight is 453 g/mol. The number of carbonyl (C=O) groups excluding carboxylic acids is 3. The molecule has 7 nitrogen and oxygen atoms in total. The van der Waals surface area contributed by atoms with Gasteiger partial charge in [-0.05, 0) is 56.0 Å². The number of aryl methyl sites for hydroxylation is 2. The molecule has 4 amide bonds. The number of halogens is 1. The largest absolute Gasteiger partial charge is 0.330 e. The second-order valence-electron chi connectivity index (χ2n) is 8.82. The molecule has 2 aliphatic heterocycles. The zero-order chi connectivity index (χ0) is 23.5. The van der Waals surface area contributed by atoms with Crippen LogP contribution in [0.4, 0.5) is 14.9 Å². The summed E-state index contributed by atoms with van der Waals surface area (Å²) in [5, 5.41) is 2.97. The molecule has 0 bridgehead atoms. The van der Waals surface area contributed by atoms with E-state index >= 15 is 0 Å². The van der Waals surface area contributed by atoms with E-state index in [2.05, 4.69) is 5.32 Å². The van der Waals surface area contributed by atoms with E-state index in [0.717, 1.165) is 16.8 Å². The van der Waals surface area contributed by atoms with Crippen molar-refractivity contribution in [3.05, 3.63) is 65.0 Å². The van der Waals surface area contributed by atoms with Gasteiger partial charge in [0.2, 0.25) is 0 Å². The number of piperazine rings is 1. The Labute approximate surface area is 193 Å². The second-order valence-corrected chi connectivity index (χ2v) is 8.82. The topological polar surface area (TPSA) is 73.0 Å². The number of benzene rings is 2. The summed E-state index contributed by atoms with van der Waals surface area (Å²) in [5.41, 5.74) is 3.61. The molecule has 33 heavy (non-hydrogen) atoms. The summed E-state index contributed by atoms with van der Waals surface area (Å²) in [6, 6.07) is 11.7. The molecule has 1 N–H and O–H groups in total. The first kappa shape index (κ1) is 22.8. The molecule has 0 radical (unpaired) electrons. The van der Waals surface area contributed by atoms with Gasteiger partial charge in [-0.2, -0.15) is 0 Å².